The van der Waals surface area contributed by atoms with Crippen LogP contribution in [0.4, 0.5) is 0 Å². The smallest absolute Gasteiger partial charge is 0.121 e. The predicted molar refractivity (Wildman–Crippen MR) is 92.9 cm³/mol. The number of aromatic nitrogens is 2. The molecule has 122 valence electrons. The average Bonchev–Trinajstić information content (AvgIpc) is 2.64. The number of halogens is 1. The van der Waals surface area contributed by atoms with Gasteiger partial charge in [0.25, 0.3) is 0 Å². The van der Waals surface area contributed by atoms with Crippen molar-refractivity contribution in [3.8, 4) is 0 Å². The summed E-state index contributed by atoms with van der Waals surface area (Å²) in [4.78, 5) is 8.83. The lowest BCUT2D eigenvalue weighted by Crippen LogP contribution is -2.12. The van der Waals surface area contributed by atoms with Gasteiger partial charge in [-0.15, -0.1) is 0 Å². The van der Waals surface area contributed by atoms with Crippen molar-refractivity contribution >= 4 is 11.6 Å². The van der Waals surface area contributed by atoms with E-state index in [9.17, 15) is 10.2 Å². The molecule has 2 heterocycles. The molecule has 3 rings (SSSR count). The maximum atomic E-state index is 10.5. The molecule has 0 radical (unpaired) electrons. The summed E-state index contributed by atoms with van der Waals surface area (Å²) in [6.07, 6.45) is 0.829. The van der Waals surface area contributed by atoms with Crippen molar-refractivity contribution in [3.05, 3.63) is 94.5 Å². The van der Waals surface area contributed by atoms with E-state index in [2.05, 4.69) is 9.97 Å². The molecule has 0 saturated carbocycles. The summed E-state index contributed by atoms with van der Waals surface area (Å²) in [5.74, 6) is -0.330. The maximum absolute atomic E-state index is 10.5. The minimum atomic E-state index is -0.856. The average molecular weight is 341 g/mol. The maximum Gasteiger partial charge on any atom is 0.121 e. The van der Waals surface area contributed by atoms with E-state index in [0.29, 0.717) is 22.0 Å². The molecule has 0 fully saturated rings. The Morgan fingerprint density at radius 3 is 2.25 bits per heavy atom. The highest BCUT2D eigenvalue weighted by atomic mass is 35.5. The molecule has 0 spiro atoms. The summed E-state index contributed by atoms with van der Waals surface area (Å²) < 4.78 is 0. The predicted octanol–water partition coefficient (Wildman–Crippen LogP) is 3.34. The Hall–Kier alpha value is -2.27. The van der Waals surface area contributed by atoms with E-state index in [1.54, 1.807) is 36.5 Å². The number of hydrogen-bond acceptors (Lipinski definition) is 4. The van der Waals surface area contributed by atoms with Crippen LogP contribution in [0.15, 0.2) is 66.9 Å². The van der Waals surface area contributed by atoms with Crippen LogP contribution in [0.2, 0.25) is 5.02 Å². The summed E-state index contributed by atoms with van der Waals surface area (Å²) >= 11 is 5.88. The van der Waals surface area contributed by atoms with Crippen molar-refractivity contribution in [2.24, 2.45) is 0 Å². The summed E-state index contributed by atoms with van der Waals surface area (Å²) in [6, 6.07) is 18.0. The standard InChI is InChI=1S/C19H17ClN2O2/c20-14-9-7-13(8-10-14)19(24)18-6-3-5-17(22-18)15(12-23)16-4-1-2-11-21-16/h1-11,15,19,23-24H,12H2. The Morgan fingerprint density at radius 2 is 1.58 bits per heavy atom. The second-order valence-electron chi connectivity index (χ2n) is 5.43. The zero-order chi connectivity index (χ0) is 16.9. The topological polar surface area (TPSA) is 66.2 Å². The molecule has 0 aliphatic rings. The van der Waals surface area contributed by atoms with Gasteiger partial charge in [-0.25, -0.2) is 0 Å². The highest BCUT2D eigenvalue weighted by Gasteiger charge is 2.18. The number of aliphatic hydroxyl groups is 2. The molecule has 2 unspecified atom stereocenters. The van der Waals surface area contributed by atoms with Crippen molar-refractivity contribution < 1.29 is 10.2 Å². The molecular formula is C19H17ClN2O2. The molecule has 24 heavy (non-hydrogen) atoms. The number of hydrogen-bond donors (Lipinski definition) is 2. The number of nitrogens with zero attached hydrogens (tertiary/aromatic N) is 2. The van der Waals surface area contributed by atoms with Gasteiger partial charge in [0, 0.05) is 11.2 Å². The molecule has 1 aromatic carbocycles. The zero-order valence-electron chi connectivity index (χ0n) is 12.9. The van der Waals surface area contributed by atoms with Gasteiger partial charge in [-0.05, 0) is 42.0 Å². The summed E-state index contributed by atoms with van der Waals surface area (Å²) in [6.45, 7) is -0.107. The van der Waals surface area contributed by atoms with Gasteiger partial charge in [0.1, 0.15) is 6.10 Å². The van der Waals surface area contributed by atoms with Gasteiger partial charge in [-0.2, -0.15) is 0 Å². The third-order valence-corrected chi connectivity index (χ3v) is 4.09. The van der Waals surface area contributed by atoms with Crippen molar-refractivity contribution in [2.75, 3.05) is 6.61 Å². The van der Waals surface area contributed by atoms with Gasteiger partial charge in [-0.3, -0.25) is 9.97 Å². The molecule has 2 aromatic heterocycles. The van der Waals surface area contributed by atoms with Gasteiger partial charge in [0.15, 0.2) is 0 Å². The molecule has 2 atom stereocenters. The number of rotatable bonds is 5. The SMILES string of the molecule is OCC(c1ccccn1)c1cccc(C(O)c2ccc(Cl)cc2)n1. The van der Waals surface area contributed by atoms with E-state index in [1.165, 1.54) is 0 Å². The lowest BCUT2D eigenvalue weighted by molar-refractivity contribution is 0.214. The van der Waals surface area contributed by atoms with Crippen molar-refractivity contribution in [2.45, 2.75) is 12.0 Å². The van der Waals surface area contributed by atoms with Crippen LogP contribution < -0.4 is 0 Å². The van der Waals surface area contributed by atoms with Gasteiger partial charge in [0.2, 0.25) is 0 Å². The van der Waals surface area contributed by atoms with Gasteiger partial charge in [-0.1, -0.05) is 35.9 Å². The lowest BCUT2D eigenvalue weighted by atomic mass is 9.99. The van der Waals surface area contributed by atoms with Crippen molar-refractivity contribution in [1.29, 1.82) is 0 Å². The zero-order valence-corrected chi connectivity index (χ0v) is 13.6. The summed E-state index contributed by atoms with van der Waals surface area (Å²) in [5.41, 5.74) is 2.64. The minimum absolute atomic E-state index is 0.107. The van der Waals surface area contributed by atoms with E-state index >= 15 is 0 Å². The first-order valence-electron chi connectivity index (χ1n) is 7.61. The summed E-state index contributed by atoms with van der Waals surface area (Å²) in [7, 11) is 0. The van der Waals surface area contributed by atoms with Crippen LogP contribution in [0, 0.1) is 0 Å². The number of pyridine rings is 2. The molecule has 0 saturated heterocycles. The highest BCUT2D eigenvalue weighted by molar-refractivity contribution is 6.30. The van der Waals surface area contributed by atoms with Crippen molar-refractivity contribution in [1.82, 2.24) is 9.97 Å². The Kier molecular flexibility index (Phi) is 5.20. The molecule has 5 heteroatoms. The molecular weight excluding hydrogens is 324 g/mol. The number of aliphatic hydroxyl groups excluding tert-OH is 2. The third-order valence-electron chi connectivity index (χ3n) is 3.84. The monoisotopic (exact) mass is 340 g/mol. The fourth-order valence-corrected chi connectivity index (χ4v) is 2.68. The van der Waals surface area contributed by atoms with E-state index in [4.69, 9.17) is 11.6 Å². The minimum Gasteiger partial charge on any atom is -0.395 e. The molecule has 0 aliphatic heterocycles. The van der Waals surface area contributed by atoms with Crippen LogP contribution in [0.5, 0.6) is 0 Å². The Balaban J connectivity index is 1.92. The lowest BCUT2D eigenvalue weighted by Gasteiger charge is -2.16. The third kappa shape index (κ3) is 3.62. The van der Waals surface area contributed by atoms with E-state index in [0.717, 1.165) is 5.69 Å². The van der Waals surface area contributed by atoms with Crippen LogP contribution in [0.1, 0.15) is 34.7 Å². The molecule has 3 aromatic rings. The first kappa shape index (κ1) is 16.6. The first-order valence-corrected chi connectivity index (χ1v) is 7.99. The van der Waals surface area contributed by atoms with Crippen LogP contribution in [-0.2, 0) is 0 Å². The fraction of sp³-hybridized carbons (Fsp3) is 0.158. The Morgan fingerprint density at radius 1 is 0.875 bits per heavy atom. The van der Waals surface area contributed by atoms with E-state index < -0.39 is 6.10 Å². The molecule has 0 bridgehead atoms. The molecule has 4 nitrogen and oxygen atoms in total. The van der Waals surface area contributed by atoms with Gasteiger partial charge < -0.3 is 10.2 Å². The number of benzene rings is 1. The van der Waals surface area contributed by atoms with Gasteiger partial charge >= 0.3 is 0 Å². The molecule has 2 N–H and O–H groups in total. The normalized spacial score (nSPS) is 13.5. The quantitative estimate of drug-likeness (QED) is 0.747. The molecule has 0 aliphatic carbocycles. The second kappa shape index (κ2) is 7.53. The van der Waals surface area contributed by atoms with Crippen molar-refractivity contribution in [3.63, 3.8) is 0 Å². The second-order valence-corrected chi connectivity index (χ2v) is 5.87. The van der Waals surface area contributed by atoms with E-state index in [1.807, 2.05) is 30.3 Å². The largest absolute Gasteiger partial charge is 0.395 e. The van der Waals surface area contributed by atoms with Crippen LogP contribution in [-0.4, -0.2) is 26.8 Å². The van der Waals surface area contributed by atoms with Gasteiger partial charge in [0.05, 0.1) is 29.6 Å². The first-order chi connectivity index (χ1) is 11.7. The Labute approximate surface area is 145 Å². The van der Waals surface area contributed by atoms with Crippen LogP contribution in [0.25, 0.3) is 0 Å². The molecule has 0 amide bonds. The highest BCUT2D eigenvalue weighted by Crippen LogP contribution is 2.25. The van der Waals surface area contributed by atoms with Crippen LogP contribution >= 0.6 is 11.6 Å². The van der Waals surface area contributed by atoms with Crippen LogP contribution in [0.3, 0.4) is 0 Å². The van der Waals surface area contributed by atoms with E-state index in [-0.39, 0.29) is 12.5 Å². The summed E-state index contributed by atoms with van der Waals surface area (Å²) in [5, 5.41) is 20.9. The fourth-order valence-electron chi connectivity index (χ4n) is 2.55. The Bertz CT molecular complexity index is 794.